The van der Waals surface area contributed by atoms with Crippen molar-refractivity contribution in [3.05, 3.63) is 29.3 Å². The molecule has 21 heavy (non-hydrogen) atoms. The summed E-state index contributed by atoms with van der Waals surface area (Å²) in [5.74, 6) is -0.216. The maximum atomic E-state index is 10.8. The van der Waals surface area contributed by atoms with Gasteiger partial charge in [0.2, 0.25) is 0 Å². The maximum absolute atomic E-state index is 10.8. The zero-order valence-corrected chi connectivity index (χ0v) is 12.1. The van der Waals surface area contributed by atoms with Gasteiger partial charge in [-0.15, -0.1) is 0 Å². The van der Waals surface area contributed by atoms with Crippen LogP contribution in [0, 0.1) is 5.92 Å². The van der Waals surface area contributed by atoms with Gasteiger partial charge in [-0.05, 0) is 30.9 Å². The van der Waals surface area contributed by atoms with Crippen LogP contribution in [-0.2, 0) is 11.2 Å². The van der Waals surface area contributed by atoms with E-state index in [-0.39, 0.29) is 18.0 Å². The largest absolute Gasteiger partial charge is 0.491 e. The summed E-state index contributed by atoms with van der Waals surface area (Å²) in [6.07, 6.45) is 1.58. The number of carboxylic acids is 1. The third kappa shape index (κ3) is 2.76. The Kier molecular flexibility index (Phi) is 3.87. The normalized spacial score (nSPS) is 31.0. The van der Waals surface area contributed by atoms with E-state index >= 15 is 0 Å². The first-order chi connectivity index (χ1) is 10.1. The highest BCUT2D eigenvalue weighted by atomic mass is 16.5. The highest BCUT2D eigenvalue weighted by Crippen LogP contribution is 2.35. The van der Waals surface area contributed by atoms with E-state index in [1.807, 2.05) is 18.2 Å². The minimum absolute atomic E-state index is 0.158. The van der Waals surface area contributed by atoms with Gasteiger partial charge in [0.25, 0.3) is 0 Å². The Morgan fingerprint density at radius 3 is 2.86 bits per heavy atom. The lowest BCUT2D eigenvalue weighted by Crippen LogP contribution is -2.53. The lowest BCUT2D eigenvalue weighted by Gasteiger charge is -2.39. The zero-order chi connectivity index (χ0) is 15.0. The second kappa shape index (κ2) is 5.66. The number of aliphatic hydroxyl groups is 1. The minimum Gasteiger partial charge on any atom is -0.491 e. The summed E-state index contributed by atoms with van der Waals surface area (Å²) in [5, 5.41) is 22.7. The molecule has 0 radical (unpaired) electrons. The predicted octanol–water partition coefficient (Wildman–Crippen LogP) is 1.50. The lowest BCUT2D eigenvalue weighted by molar-refractivity contribution is -0.145. The molecule has 114 valence electrons. The van der Waals surface area contributed by atoms with Gasteiger partial charge in [0.05, 0.1) is 12.0 Å². The molecular formula is C16H21NO4. The van der Waals surface area contributed by atoms with Gasteiger partial charge in [0.15, 0.2) is 0 Å². The maximum Gasteiger partial charge on any atom is 0.306 e. The Hall–Kier alpha value is -1.59. The zero-order valence-electron chi connectivity index (χ0n) is 12.1. The van der Waals surface area contributed by atoms with Gasteiger partial charge in [-0.1, -0.05) is 19.1 Å². The fourth-order valence-electron chi connectivity index (χ4n) is 3.05. The number of benzene rings is 1. The van der Waals surface area contributed by atoms with Crippen molar-refractivity contribution >= 4 is 5.97 Å². The Bertz CT molecular complexity index is 539. The van der Waals surface area contributed by atoms with Crippen LogP contribution >= 0.6 is 0 Å². The number of nitrogens with one attached hydrogen (secondary N) is 1. The molecule has 5 heteroatoms. The van der Waals surface area contributed by atoms with Crippen molar-refractivity contribution in [1.82, 2.24) is 5.32 Å². The number of hydrogen-bond donors (Lipinski definition) is 3. The van der Waals surface area contributed by atoms with E-state index in [0.717, 1.165) is 17.7 Å². The number of aliphatic carboxylic acids is 1. The molecule has 0 spiro atoms. The average molecular weight is 291 g/mol. The summed E-state index contributed by atoms with van der Waals surface area (Å²) in [6.45, 7) is 2.50. The molecule has 0 aromatic heterocycles. The Morgan fingerprint density at radius 2 is 2.19 bits per heavy atom. The van der Waals surface area contributed by atoms with E-state index in [9.17, 15) is 9.90 Å². The summed E-state index contributed by atoms with van der Waals surface area (Å²) >= 11 is 0. The monoisotopic (exact) mass is 291 g/mol. The highest BCUT2D eigenvalue weighted by Gasteiger charge is 2.38. The van der Waals surface area contributed by atoms with E-state index in [2.05, 4.69) is 12.2 Å². The fraction of sp³-hybridized carbons (Fsp3) is 0.562. The number of hydrogen-bond acceptors (Lipinski definition) is 4. The molecule has 0 unspecified atom stereocenters. The molecule has 1 fully saturated rings. The number of aliphatic hydroxyl groups excluding tert-OH is 1. The van der Waals surface area contributed by atoms with E-state index in [4.69, 9.17) is 9.84 Å². The summed E-state index contributed by atoms with van der Waals surface area (Å²) in [5.41, 5.74) is 2.00. The van der Waals surface area contributed by atoms with E-state index < -0.39 is 12.1 Å². The SMILES string of the molecule is CCc1ccc2c(c1)OC[C@@H](NC1CC(C(=O)O)C1)[C@H]2O. The minimum atomic E-state index is -0.731. The first kappa shape index (κ1) is 14.4. The molecule has 3 N–H and O–H groups in total. The van der Waals surface area contributed by atoms with Gasteiger partial charge in [-0.2, -0.15) is 0 Å². The average Bonchev–Trinajstić information content (AvgIpc) is 2.43. The van der Waals surface area contributed by atoms with Crippen molar-refractivity contribution in [3.8, 4) is 5.75 Å². The van der Waals surface area contributed by atoms with Gasteiger partial charge in [0, 0.05) is 11.6 Å². The van der Waals surface area contributed by atoms with E-state index in [1.165, 1.54) is 5.56 Å². The van der Waals surface area contributed by atoms with Crippen LogP contribution in [0.3, 0.4) is 0 Å². The number of carboxylic acid groups (broad SMARTS) is 1. The van der Waals surface area contributed by atoms with Gasteiger partial charge in [-0.3, -0.25) is 4.79 Å². The van der Waals surface area contributed by atoms with Crippen LogP contribution in [0.5, 0.6) is 5.75 Å². The second-order valence-electron chi connectivity index (χ2n) is 5.96. The lowest BCUT2D eigenvalue weighted by atomic mass is 9.79. The van der Waals surface area contributed by atoms with Crippen LogP contribution in [0.2, 0.25) is 0 Å². The van der Waals surface area contributed by atoms with Crippen molar-refractivity contribution in [3.63, 3.8) is 0 Å². The topological polar surface area (TPSA) is 78.8 Å². The second-order valence-corrected chi connectivity index (χ2v) is 5.96. The molecule has 1 aromatic rings. The molecular weight excluding hydrogens is 270 g/mol. The molecule has 0 amide bonds. The number of carbonyl (C=O) groups is 1. The van der Waals surface area contributed by atoms with Crippen LogP contribution in [0.15, 0.2) is 18.2 Å². The molecule has 3 rings (SSSR count). The molecule has 2 atom stereocenters. The smallest absolute Gasteiger partial charge is 0.306 e. The Balaban J connectivity index is 1.63. The van der Waals surface area contributed by atoms with Gasteiger partial charge in [-0.25, -0.2) is 0 Å². The Morgan fingerprint density at radius 1 is 1.43 bits per heavy atom. The molecule has 2 aliphatic rings. The summed E-state index contributed by atoms with van der Waals surface area (Å²) in [7, 11) is 0. The summed E-state index contributed by atoms with van der Waals surface area (Å²) in [4.78, 5) is 10.8. The first-order valence-electron chi connectivity index (χ1n) is 7.51. The Labute approximate surface area is 123 Å². The van der Waals surface area contributed by atoms with Crippen LogP contribution in [0.1, 0.15) is 37.0 Å². The summed E-state index contributed by atoms with van der Waals surface area (Å²) in [6, 6.07) is 5.90. The third-order valence-electron chi connectivity index (χ3n) is 4.54. The van der Waals surface area contributed by atoms with Crippen molar-refractivity contribution in [2.75, 3.05) is 6.61 Å². The summed E-state index contributed by atoms with van der Waals surface area (Å²) < 4.78 is 5.75. The molecule has 0 saturated heterocycles. The molecule has 1 heterocycles. The van der Waals surface area contributed by atoms with Crippen LogP contribution in [0.25, 0.3) is 0 Å². The highest BCUT2D eigenvalue weighted by molar-refractivity contribution is 5.71. The number of aryl methyl sites for hydroxylation is 1. The van der Waals surface area contributed by atoms with Gasteiger partial charge in [0.1, 0.15) is 18.5 Å². The molecule has 5 nitrogen and oxygen atoms in total. The molecule has 1 aliphatic carbocycles. The van der Waals surface area contributed by atoms with E-state index in [1.54, 1.807) is 0 Å². The third-order valence-corrected chi connectivity index (χ3v) is 4.54. The molecule has 0 bridgehead atoms. The number of ether oxygens (including phenoxy) is 1. The van der Waals surface area contributed by atoms with Crippen molar-refractivity contribution in [2.45, 2.75) is 44.4 Å². The predicted molar refractivity (Wildman–Crippen MR) is 77.3 cm³/mol. The first-order valence-corrected chi connectivity index (χ1v) is 7.51. The van der Waals surface area contributed by atoms with Crippen LogP contribution in [0.4, 0.5) is 0 Å². The van der Waals surface area contributed by atoms with Crippen LogP contribution in [-0.4, -0.2) is 34.9 Å². The standard InChI is InChI=1S/C16H21NO4/c1-2-9-3-4-12-14(5-9)21-8-13(15(12)18)17-11-6-10(7-11)16(19)20/h3-5,10-11,13,15,17-18H,2,6-8H2,1H3,(H,19,20)/t10?,11?,13-,15+/m1/s1. The van der Waals surface area contributed by atoms with Gasteiger partial charge < -0.3 is 20.3 Å². The van der Waals surface area contributed by atoms with Crippen molar-refractivity contribution < 1.29 is 19.7 Å². The molecule has 1 aromatic carbocycles. The van der Waals surface area contributed by atoms with E-state index in [0.29, 0.717) is 19.4 Å². The van der Waals surface area contributed by atoms with Crippen LogP contribution < -0.4 is 10.1 Å². The molecule has 1 saturated carbocycles. The van der Waals surface area contributed by atoms with Crippen molar-refractivity contribution in [1.29, 1.82) is 0 Å². The quantitative estimate of drug-likeness (QED) is 0.783. The molecule has 1 aliphatic heterocycles. The van der Waals surface area contributed by atoms with Gasteiger partial charge >= 0.3 is 5.97 Å². The number of fused-ring (bicyclic) bond motifs is 1. The van der Waals surface area contributed by atoms with Crippen molar-refractivity contribution in [2.24, 2.45) is 5.92 Å². The number of rotatable bonds is 4. The fourth-order valence-corrected chi connectivity index (χ4v) is 3.05.